The van der Waals surface area contributed by atoms with Crippen molar-refractivity contribution in [2.24, 2.45) is 5.92 Å². The van der Waals surface area contributed by atoms with Crippen LogP contribution in [0, 0.1) is 5.92 Å². The highest BCUT2D eigenvalue weighted by molar-refractivity contribution is 5.78. The normalized spacial score (nSPS) is 10.2. The van der Waals surface area contributed by atoms with Gasteiger partial charge >= 0.3 is 5.97 Å². The maximum atomic E-state index is 11.7. The molecule has 0 N–H and O–H groups in total. The first-order valence-corrected chi connectivity index (χ1v) is 5.38. The fourth-order valence-corrected chi connectivity index (χ4v) is 1.30. The third-order valence-corrected chi connectivity index (χ3v) is 2.11. The highest BCUT2D eigenvalue weighted by atomic mass is 16.5. The first-order valence-electron chi connectivity index (χ1n) is 5.38. The van der Waals surface area contributed by atoms with Gasteiger partial charge in [0, 0.05) is 19.0 Å². The van der Waals surface area contributed by atoms with Gasteiger partial charge < -0.3 is 9.64 Å². The van der Waals surface area contributed by atoms with E-state index < -0.39 is 0 Å². The SMILES string of the molecule is CCCN(CCC(=O)OC)C(=O)C(C)C. The molecule has 0 bridgehead atoms. The maximum absolute atomic E-state index is 11.7. The van der Waals surface area contributed by atoms with Crippen molar-refractivity contribution in [2.45, 2.75) is 33.6 Å². The molecule has 1 amide bonds. The van der Waals surface area contributed by atoms with Gasteiger partial charge in [-0.3, -0.25) is 9.59 Å². The molecule has 0 radical (unpaired) electrons. The molecule has 4 heteroatoms. The van der Waals surface area contributed by atoms with Crippen LogP contribution in [0.2, 0.25) is 0 Å². The predicted molar refractivity (Wildman–Crippen MR) is 58.3 cm³/mol. The van der Waals surface area contributed by atoms with E-state index >= 15 is 0 Å². The second-order valence-corrected chi connectivity index (χ2v) is 3.81. The molecule has 0 aromatic heterocycles. The minimum atomic E-state index is -0.271. The van der Waals surface area contributed by atoms with Crippen molar-refractivity contribution in [1.29, 1.82) is 0 Å². The van der Waals surface area contributed by atoms with Crippen molar-refractivity contribution in [3.8, 4) is 0 Å². The fraction of sp³-hybridized carbons (Fsp3) is 0.818. The number of carbonyl (C=O) groups is 2. The molecule has 0 aromatic carbocycles. The Hall–Kier alpha value is -1.06. The number of rotatable bonds is 6. The molecule has 0 aliphatic rings. The van der Waals surface area contributed by atoms with E-state index in [2.05, 4.69) is 4.74 Å². The molecule has 4 nitrogen and oxygen atoms in total. The molecule has 0 unspecified atom stereocenters. The summed E-state index contributed by atoms with van der Waals surface area (Å²) >= 11 is 0. The summed E-state index contributed by atoms with van der Waals surface area (Å²) in [7, 11) is 1.36. The first-order chi connectivity index (χ1) is 7.02. The summed E-state index contributed by atoms with van der Waals surface area (Å²) in [6.45, 7) is 6.90. The van der Waals surface area contributed by atoms with Crippen LogP contribution in [0.5, 0.6) is 0 Å². The molecule has 15 heavy (non-hydrogen) atoms. The van der Waals surface area contributed by atoms with Gasteiger partial charge in [0.05, 0.1) is 13.5 Å². The summed E-state index contributed by atoms with van der Waals surface area (Å²) in [5.41, 5.74) is 0. The lowest BCUT2D eigenvalue weighted by molar-refractivity contribution is -0.142. The summed E-state index contributed by atoms with van der Waals surface area (Å²) in [6, 6.07) is 0. The van der Waals surface area contributed by atoms with E-state index in [0.29, 0.717) is 13.1 Å². The maximum Gasteiger partial charge on any atom is 0.307 e. The van der Waals surface area contributed by atoms with Crippen LogP contribution < -0.4 is 0 Å². The summed E-state index contributed by atoms with van der Waals surface area (Å²) in [5, 5.41) is 0. The van der Waals surface area contributed by atoms with E-state index in [9.17, 15) is 9.59 Å². The van der Waals surface area contributed by atoms with Crippen LogP contribution in [0.4, 0.5) is 0 Å². The van der Waals surface area contributed by atoms with Gasteiger partial charge in [-0.1, -0.05) is 20.8 Å². The van der Waals surface area contributed by atoms with Gasteiger partial charge in [0.25, 0.3) is 0 Å². The number of esters is 1. The quantitative estimate of drug-likeness (QED) is 0.630. The van der Waals surface area contributed by atoms with E-state index in [1.165, 1.54) is 7.11 Å². The Balaban J connectivity index is 4.15. The Morgan fingerprint density at radius 2 is 1.87 bits per heavy atom. The van der Waals surface area contributed by atoms with Gasteiger partial charge in [0.2, 0.25) is 5.91 Å². The highest BCUT2D eigenvalue weighted by Gasteiger charge is 2.16. The highest BCUT2D eigenvalue weighted by Crippen LogP contribution is 2.04. The van der Waals surface area contributed by atoms with Crippen LogP contribution in [0.25, 0.3) is 0 Å². The number of methoxy groups -OCH3 is 1. The molecule has 0 fully saturated rings. The number of carbonyl (C=O) groups excluding carboxylic acids is 2. The van der Waals surface area contributed by atoms with Gasteiger partial charge in [-0.25, -0.2) is 0 Å². The Labute approximate surface area is 91.6 Å². The van der Waals surface area contributed by atoms with Crippen LogP contribution in [-0.2, 0) is 14.3 Å². The molecule has 0 saturated carbocycles. The lowest BCUT2D eigenvalue weighted by Gasteiger charge is -2.23. The zero-order chi connectivity index (χ0) is 11.8. The smallest absolute Gasteiger partial charge is 0.307 e. The summed E-state index contributed by atoms with van der Waals surface area (Å²) < 4.78 is 4.54. The Morgan fingerprint density at radius 1 is 1.27 bits per heavy atom. The second-order valence-electron chi connectivity index (χ2n) is 3.81. The molecule has 0 spiro atoms. The van der Waals surface area contributed by atoms with E-state index in [4.69, 9.17) is 0 Å². The van der Waals surface area contributed by atoms with Crippen LogP contribution in [0.3, 0.4) is 0 Å². The topological polar surface area (TPSA) is 46.6 Å². The minimum Gasteiger partial charge on any atom is -0.469 e. The van der Waals surface area contributed by atoms with Crippen molar-refractivity contribution >= 4 is 11.9 Å². The molecule has 0 aliphatic carbocycles. The van der Waals surface area contributed by atoms with E-state index in [0.717, 1.165) is 6.42 Å². The minimum absolute atomic E-state index is 0.0193. The Bertz CT molecular complexity index is 214. The second kappa shape index (κ2) is 7.26. The van der Waals surface area contributed by atoms with Crippen molar-refractivity contribution in [3.05, 3.63) is 0 Å². The average molecular weight is 215 g/mol. The Morgan fingerprint density at radius 3 is 2.27 bits per heavy atom. The largest absolute Gasteiger partial charge is 0.469 e. The third kappa shape index (κ3) is 5.40. The van der Waals surface area contributed by atoms with E-state index in [1.54, 1.807) is 4.90 Å². The predicted octanol–water partition coefficient (Wildman–Crippen LogP) is 1.44. The number of nitrogens with zero attached hydrogens (tertiary/aromatic N) is 1. The molecule has 0 aliphatic heterocycles. The number of hydrogen-bond acceptors (Lipinski definition) is 3. The molecule has 88 valence electrons. The number of hydrogen-bond donors (Lipinski definition) is 0. The first kappa shape index (κ1) is 13.9. The van der Waals surface area contributed by atoms with Crippen molar-refractivity contribution < 1.29 is 14.3 Å². The standard InChI is InChI=1S/C11H21NO3/c1-5-7-12(11(14)9(2)3)8-6-10(13)15-4/h9H,5-8H2,1-4H3. The average Bonchev–Trinajstić information content (AvgIpc) is 2.22. The van der Waals surface area contributed by atoms with Crippen molar-refractivity contribution in [1.82, 2.24) is 4.90 Å². The fourth-order valence-electron chi connectivity index (χ4n) is 1.30. The van der Waals surface area contributed by atoms with Gasteiger partial charge in [0.15, 0.2) is 0 Å². The van der Waals surface area contributed by atoms with Crippen LogP contribution in [0.1, 0.15) is 33.6 Å². The van der Waals surface area contributed by atoms with Crippen molar-refractivity contribution in [3.63, 3.8) is 0 Å². The molecule has 0 rings (SSSR count). The number of ether oxygens (including phenoxy) is 1. The zero-order valence-electron chi connectivity index (χ0n) is 10.1. The van der Waals surface area contributed by atoms with Gasteiger partial charge in [-0.2, -0.15) is 0 Å². The molecular formula is C11H21NO3. The van der Waals surface area contributed by atoms with Gasteiger partial charge in [-0.15, -0.1) is 0 Å². The third-order valence-electron chi connectivity index (χ3n) is 2.11. The van der Waals surface area contributed by atoms with Crippen LogP contribution >= 0.6 is 0 Å². The molecule has 0 aromatic rings. The van der Waals surface area contributed by atoms with Crippen LogP contribution in [-0.4, -0.2) is 37.0 Å². The van der Waals surface area contributed by atoms with Gasteiger partial charge in [0.1, 0.15) is 0 Å². The monoisotopic (exact) mass is 215 g/mol. The van der Waals surface area contributed by atoms with E-state index in [1.807, 2.05) is 20.8 Å². The number of amides is 1. The Kier molecular flexibility index (Phi) is 6.75. The molecular weight excluding hydrogens is 194 g/mol. The zero-order valence-corrected chi connectivity index (χ0v) is 10.1. The molecule has 0 atom stereocenters. The lowest BCUT2D eigenvalue weighted by Crippen LogP contribution is -2.36. The van der Waals surface area contributed by atoms with Crippen molar-refractivity contribution in [2.75, 3.05) is 20.2 Å². The van der Waals surface area contributed by atoms with Gasteiger partial charge in [-0.05, 0) is 6.42 Å². The summed E-state index contributed by atoms with van der Waals surface area (Å²) in [5.74, 6) is -0.192. The summed E-state index contributed by atoms with van der Waals surface area (Å²) in [6.07, 6.45) is 1.18. The lowest BCUT2D eigenvalue weighted by atomic mass is 10.2. The van der Waals surface area contributed by atoms with Crippen LogP contribution in [0.15, 0.2) is 0 Å². The molecule has 0 heterocycles. The van der Waals surface area contributed by atoms with E-state index in [-0.39, 0.29) is 24.2 Å². The molecule has 0 saturated heterocycles. The summed E-state index contributed by atoms with van der Waals surface area (Å²) in [4.78, 5) is 24.4.